The van der Waals surface area contributed by atoms with Crippen molar-refractivity contribution in [3.05, 3.63) is 25.3 Å². The summed E-state index contributed by atoms with van der Waals surface area (Å²) in [6.07, 6.45) is 3.98. The molecule has 0 bridgehead atoms. The Balaban J connectivity index is 2.46. The van der Waals surface area contributed by atoms with Crippen LogP contribution < -0.4 is 5.32 Å². The van der Waals surface area contributed by atoms with E-state index in [1.807, 2.05) is 0 Å². The Morgan fingerprint density at radius 1 is 1.22 bits per heavy atom. The summed E-state index contributed by atoms with van der Waals surface area (Å²) in [5.74, 6) is -1.24. The van der Waals surface area contributed by atoms with Crippen LogP contribution in [0.1, 0.15) is 19.8 Å². The molecule has 1 aliphatic heterocycles. The Bertz CT molecular complexity index is 446. The van der Waals surface area contributed by atoms with E-state index < -0.39 is 11.8 Å². The monoisotopic (exact) mass is 323 g/mol. The minimum absolute atomic E-state index is 0.119. The number of hydrogen-bond donors (Lipinski definition) is 1. The summed E-state index contributed by atoms with van der Waals surface area (Å²) >= 11 is 0. The zero-order valence-corrected chi connectivity index (χ0v) is 13.6. The van der Waals surface area contributed by atoms with Crippen LogP contribution in [0.4, 0.5) is 4.79 Å². The van der Waals surface area contributed by atoms with Crippen LogP contribution in [0.15, 0.2) is 25.3 Å². The second-order valence-electron chi connectivity index (χ2n) is 5.22. The fourth-order valence-corrected chi connectivity index (χ4v) is 2.36. The van der Waals surface area contributed by atoms with Gasteiger partial charge in [0.25, 0.3) is 0 Å². The summed E-state index contributed by atoms with van der Waals surface area (Å²) < 4.78 is 4.94. The van der Waals surface area contributed by atoms with E-state index in [0.717, 1.165) is 0 Å². The summed E-state index contributed by atoms with van der Waals surface area (Å²) in [7, 11) is 0. The Morgan fingerprint density at radius 2 is 1.78 bits per heavy atom. The van der Waals surface area contributed by atoms with Crippen molar-refractivity contribution >= 4 is 17.9 Å². The third kappa shape index (κ3) is 5.77. The number of carbonyl (C=O) groups is 3. The topological polar surface area (TPSA) is 79.0 Å². The van der Waals surface area contributed by atoms with Crippen molar-refractivity contribution in [2.45, 2.75) is 25.8 Å². The van der Waals surface area contributed by atoms with Crippen molar-refractivity contribution in [2.24, 2.45) is 0 Å². The number of carbonyl (C=O) groups excluding carboxylic acids is 3. The number of rotatable bonds is 6. The van der Waals surface area contributed by atoms with Crippen LogP contribution in [0.25, 0.3) is 0 Å². The number of ether oxygens (including phenoxy) is 1. The first-order valence-electron chi connectivity index (χ1n) is 7.76. The van der Waals surface area contributed by atoms with Crippen molar-refractivity contribution in [3.63, 3.8) is 0 Å². The number of nitrogens with one attached hydrogen (secondary N) is 1. The van der Waals surface area contributed by atoms with E-state index in [4.69, 9.17) is 4.74 Å². The molecule has 0 aromatic heterocycles. The van der Waals surface area contributed by atoms with Gasteiger partial charge < -0.3 is 19.9 Å². The van der Waals surface area contributed by atoms with Gasteiger partial charge in [0.1, 0.15) is 0 Å². The number of hydrogen-bond acceptors (Lipinski definition) is 4. The normalized spacial score (nSPS) is 14.7. The highest BCUT2D eigenvalue weighted by molar-refractivity contribution is 6.35. The van der Waals surface area contributed by atoms with Gasteiger partial charge in [-0.2, -0.15) is 0 Å². The van der Waals surface area contributed by atoms with Crippen molar-refractivity contribution in [2.75, 3.05) is 32.8 Å². The van der Waals surface area contributed by atoms with E-state index >= 15 is 0 Å². The smallest absolute Gasteiger partial charge is 0.409 e. The number of amides is 3. The summed E-state index contributed by atoms with van der Waals surface area (Å²) in [4.78, 5) is 38.7. The first-order valence-corrected chi connectivity index (χ1v) is 7.76. The number of likely N-dealkylation sites (tertiary alicyclic amines) is 1. The molecular weight excluding hydrogens is 298 g/mol. The SMILES string of the molecule is C=CCN(CC=C)C(=O)C(=O)NC1CCN(C(=O)OCC)CC1. The average molecular weight is 323 g/mol. The predicted molar refractivity (Wildman–Crippen MR) is 86.7 cm³/mol. The zero-order valence-electron chi connectivity index (χ0n) is 13.6. The molecule has 0 aromatic rings. The Morgan fingerprint density at radius 3 is 2.26 bits per heavy atom. The molecule has 1 N–H and O–H groups in total. The van der Waals surface area contributed by atoms with Crippen molar-refractivity contribution < 1.29 is 19.1 Å². The van der Waals surface area contributed by atoms with Gasteiger partial charge >= 0.3 is 17.9 Å². The molecule has 1 heterocycles. The van der Waals surface area contributed by atoms with Gasteiger partial charge in [-0.1, -0.05) is 12.2 Å². The van der Waals surface area contributed by atoms with Gasteiger partial charge in [-0.25, -0.2) is 4.79 Å². The van der Waals surface area contributed by atoms with Crippen molar-refractivity contribution in [1.29, 1.82) is 0 Å². The lowest BCUT2D eigenvalue weighted by Gasteiger charge is -2.31. The molecule has 0 saturated carbocycles. The standard InChI is InChI=1S/C16H25N3O4/c1-4-9-18(10-5-2)15(21)14(20)17-13-7-11-19(12-8-13)16(22)23-6-3/h4-5,13H,1-2,6-12H2,3H3,(H,17,20). The highest BCUT2D eigenvalue weighted by Crippen LogP contribution is 2.11. The van der Waals surface area contributed by atoms with Crippen LogP contribution in [0.5, 0.6) is 0 Å². The molecule has 0 aliphatic carbocycles. The molecule has 0 spiro atoms. The van der Waals surface area contributed by atoms with E-state index in [0.29, 0.717) is 45.6 Å². The largest absolute Gasteiger partial charge is 0.450 e. The zero-order chi connectivity index (χ0) is 17.2. The van der Waals surface area contributed by atoms with E-state index in [-0.39, 0.29) is 12.1 Å². The van der Waals surface area contributed by atoms with Crippen molar-refractivity contribution in [1.82, 2.24) is 15.1 Å². The molecule has 7 heteroatoms. The predicted octanol–water partition coefficient (Wildman–Crippen LogP) is 0.924. The maximum absolute atomic E-state index is 12.1. The molecule has 1 aliphatic rings. The lowest BCUT2D eigenvalue weighted by Crippen LogP contribution is -2.51. The van der Waals surface area contributed by atoms with Crippen LogP contribution in [-0.2, 0) is 14.3 Å². The molecule has 0 radical (unpaired) electrons. The van der Waals surface area contributed by atoms with E-state index in [1.165, 1.54) is 4.90 Å². The fraction of sp³-hybridized carbons (Fsp3) is 0.562. The summed E-state index contributed by atoms with van der Waals surface area (Å²) in [5.41, 5.74) is 0. The Labute approximate surface area is 136 Å². The van der Waals surface area contributed by atoms with Gasteiger partial charge in [0.05, 0.1) is 6.61 Å². The molecule has 3 amide bonds. The molecule has 7 nitrogen and oxygen atoms in total. The van der Waals surface area contributed by atoms with Crippen molar-refractivity contribution in [3.8, 4) is 0 Å². The summed E-state index contributed by atoms with van der Waals surface area (Å²) in [6, 6.07) is -0.119. The van der Waals surface area contributed by atoms with Gasteiger partial charge in [0.15, 0.2) is 0 Å². The molecule has 1 rings (SSSR count). The van der Waals surface area contributed by atoms with Crippen LogP contribution in [0, 0.1) is 0 Å². The molecule has 0 atom stereocenters. The van der Waals surface area contributed by atoms with Gasteiger partial charge in [-0.3, -0.25) is 9.59 Å². The quantitative estimate of drug-likeness (QED) is 0.582. The Hall–Kier alpha value is -2.31. The summed E-state index contributed by atoms with van der Waals surface area (Å²) in [6.45, 7) is 10.8. The van der Waals surface area contributed by atoms with Crippen LogP contribution >= 0.6 is 0 Å². The Kier molecular flexibility index (Phi) is 7.87. The number of nitrogens with zero attached hydrogens (tertiary/aromatic N) is 2. The minimum atomic E-state index is -0.636. The average Bonchev–Trinajstić information content (AvgIpc) is 2.54. The second kappa shape index (κ2) is 9.66. The lowest BCUT2D eigenvalue weighted by molar-refractivity contribution is -0.145. The van der Waals surface area contributed by atoms with Crippen LogP contribution in [0.3, 0.4) is 0 Å². The fourth-order valence-electron chi connectivity index (χ4n) is 2.36. The van der Waals surface area contributed by atoms with Gasteiger partial charge in [0.2, 0.25) is 0 Å². The molecule has 1 fully saturated rings. The molecule has 128 valence electrons. The first-order chi connectivity index (χ1) is 11.0. The van der Waals surface area contributed by atoms with E-state index in [2.05, 4.69) is 18.5 Å². The molecule has 0 unspecified atom stereocenters. The maximum atomic E-state index is 12.1. The first kappa shape index (κ1) is 18.7. The minimum Gasteiger partial charge on any atom is -0.450 e. The van der Waals surface area contributed by atoms with Gasteiger partial charge in [-0.15, -0.1) is 13.2 Å². The second-order valence-corrected chi connectivity index (χ2v) is 5.22. The molecule has 23 heavy (non-hydrogen) atoms. The lowest BCUT2D eigenvalue weighted by atomic mass is 10.1. The van der Waals surface area contributed by atoms with Gasteiger partial charge in [0, 0.05) is 32.2 Å². The highest BCUT2D eigenvalue weighted by Gasteiger charge is 2.27. The molecule has 1 saturated heterocycles. The number of piperidine rings is 1. The third-order valence-electron chi connectivity index (χ3n) is 3.54. The molecular formula is C16H25N3O4. The van der Waals surface area contributed by atoms with E-state index in [1.54, 1.807) is 24.0 Å². The summed E-state index contributed by atoms with van der Waals surface area (Å²) in [5, 5.41) is 2.73. The third-order valence-corrected chi connectivity index (χ3v) is 3.54. The van der Waals surface area contributed by atoms with Crippen LogP contribution in [0.2, 0.25) is 0 Å². The van der Waals surface area contributed by atoms with Crippen LogP contribution in [-0.4, -0.2) is 66.5 Å². The molecule has 0 aromatic carbocycles. The maximum Gasteiger partial charge on any atom is 0.409 e. The van der Waals surface area contributed by atoms with Gasteiger partial charge in [-0.05, 0) is 19.8 Å². The highest BCUT2D eigenvalue weighted by atomic mass is 16.6. The van der Waals surface area contributed by atoms with E-state index in [9.17, 15) is 14.4 Å².